The topological polar surface area (TPSA) is 78.8 Å². The van der Waals surface area contributed by atoms with Crippen LogP contribution in [0.15, 0.2) is 23.1 Å². The number of thioether (sulfide) groups is 1. The fraction of sp³-hybridized carbons (Fsp3) is 0.611. The molecule has 0 aliphatic rings. The highest BCUT2D eigenvalue weighted by Crippen LogP contribution is 2.38. The molecule has 26 heavy (non-hydrogen) atoms. The van der Waals surface area contributed by atoms with Crippen molar-refractivity contribution in [3.05, 3.63) is 29.6 Å². The summed E-state index contributed by atoms with van der Waals surface area (Å²) in [5.74, 6) is -0.406. The van der Waals surface area contributed by atoms with E-state index in [1.54, 1.807) is 6.07 Å². The van der Waals surface area contributed by atoms with E-state index in [9.17, 15) is 14.3 Å². The molecule has 5 nitrogen and oxygen atoms in total. The molecule has 1 aromatic rings. The molecule has 0 saturated carbocycles. The third-order valence-electron chi connectivity index (χ3n) is 4.75. The number of carbonyl (C=O) groups is 1. The van der Waals surface area contributed by atoms with Crippen molar-refractivity contribution in [2.24, 2.45) is 0 Å². The zero-order valence-electron chi connectivity index (χ0n) is 16.3. The number of nitrogens with one attached hydrogen (secondary N) is 1. The lowest BCUT2D eigenvalue weighted by Gasteiger charge is -2.39. The highest BCUT2D eigenvalue weighted by molar-refractivity contribution is 7.98. The molecule has 3 N–H and O–H groups in total. The van der Waals surface area contributed by atoms with Crippen molar-refractivity contribution < 1.29 is 23.8 Å². The molecule has 2 atom stereocenters. The summed E-state index contributed by atoms with van der Waals surface area (Å²) in [5.41, 5.74) is 0.466. The summed E-state index contributed by atoms with van der Waals surface area (Å²) in [6.45, 7) is 10.5. The van der Waals surface area contributed by atoms with Crippen LogP contribution < -0.4 is 5.32 Å². The predicted octanol–water partition coefficient (Wildman–Crippen LogP) is 4.63. The highest BCUT2D eigenvalue weighted by Gasteiger charge is 2.39. The number of aliphatic hydroxyl groups excluding tert-OH is 1. The second-order valence-electron chi connectivity index (χ2n) is 7.86. The van der Waals surface area contributed by atoms with Crippen LogP contribution in [-0.4, -0.2) is 43.5 Å². The van der Waals surface area contributed by atoms with Crippen LogP contribution in [0, 0.1) is 5.82 Å². The smallest absolute Gasteiger partial charge is 0.404 e. The molecular formula is C18H30FNO4SSi. The lowest BCUT2D eigenvalue weighted by molar-refractivity contribution is 0.0845. The van der Waals surface area contributed by atoms with Gasteiger partial charge in [0.15, 0.2) is 8.32 Å². The molecule has 0 radical (unpaired) electrons. The normalized spacial score (nSPS) is 14.8. The average Bonchev–Trinajstić information content (AvgIpc) is 2.50. The SMILES string of the molecule is CSc1cc(F)cc(C(O)C[C@H](CNC(=O)O)O[Si](C)(C)C(C)(C)C)c1. The van der Waals surface area contributed by atoms with Crippen LogP contribution in [0.25, 0.3) is 0 Å². The van der Waals surface area contributed by atoms with E-state index in [1.165, 1.54) is 23.9 Å². The second kappa shape index (κ2) is 9.21. The van der Waals surface area contributed by atoms with Gasteiger partial charge in [-0.2, -0.15) is 0 Å². The number of aliphatic hydroxyl groups is 1. The maximum absolute atomic E-state index is 13.8. The Balaban J connectivity index is 2.97. The van der Waals surface area contributed by atoms with E-state index in [4.69, 9.17) is 9.53 Å². The van der Waals surface area contributed by atoms with Crippen LogP contribution in [0.4, 0.5) is 9.18 Å². The van der Waals surface area contributed by atoms with Gasteiger partial charge in [0, 0.05) is 17.9 Å². The minimum Gasteiger partial charge on any atom is -0.465 e. The number of amides is 1. The van der Waals surface area contributed by atoms with Crippen LogP contribution >= 0.6 is 11.8 Å². The van der Waals surface area contributed by atoms with Crippen LogP contribution in [0.1, 0.15) is 38.9 Å². The van der Waals surface area contributed by atoms with E-state index in [-0.39, 0.29) is 18.0 Å². The fourth-order valence-electron chi connectivity index (χ4n) is 2.25. The Morgan fingerprint density at radius 1 is 1.35 bits per heavy atom. The third kappa shape index (κ3) is 6.90. The van der Waals surface area contributed by atoms with Gasteiger partial charge in [-0.25, -0.2) is 9.18 Å². The van der Waals surface area contributed by atoms with Gasteiger partial charge < -0.3 is 20.0 Å². The van der Waals surface area contributed by atoms with Crippen LogP contribution in [0.5, 0.6) is 0 Å². The number of benzene rings is 1. The Bertz CT molecular complexity index is 622. The Morgan fingerprint density at radius 3 is 2.46 bits per heavy atom. The molecule has 1 rings (SSSR count). The molecular weight excluding hydrogens is 373 g/mol. The predicted molar refractivity (Wildman–Crippen MR) is 106 cm³/mol. The van der Waals surface area contributed by atoms with E-state index in [1.807, 2.05) is 6.26 Å². The van der Waals surface area contributed by atoms with Gasteiger partial charge in [0.05, 0.1) is 12.2 Å². The van der Waals surface area contributed by atoms with Crippen molar-refractivity contribution in [1.29, 1.82) is 0 Å². The monoisotopic (exact) mass is 403 g/mol. The Labute approximate surface area is 160 Å². The molecule has 0 aliphatic carbocycles. The summed E-state index contributed by atoms with van der Waals surface area (Å²) in [6.07, 6.45) is -0.557. The molecule has 1 amide bonds. The van der Waals surface area contributed by atoms with Crippen molar-refractivity contribution in [2.45, 2.75) is 62.4 Å². The van der Waals surface area contributed by atoms with Gasteiger partial charge in [0.1, 0.15) is 5.82 Å². The number of hydrogen-bond donors (Lipinski definition) is 3. The minimum absolute atomic E-state index is 0.0513. The summed E-state index contributed by atoms with van der Waals surface area (Å²) >= 11 is 1.40. The van der Waals surface area contributed by atoms with Crippen molar-refractivity contribution in [3.8, 4) is 0 Å². The van der Waals surface area contributed by atoms with Crippen LogP contribution in [0.3, 0.4) is 0 Å². The molecule has 1 unspecified atom stereocenters. The standard InChI is InChI=1S/C18H30FNO4SSi/c1-18(2,3)26(5,6)24-14(11-20-17(22)23)10-16(21)12-7-13(19)9-15(8-12)25-4/h7-9,14,16,20-21H,10-11H2,1-6H3,(H,22,23)/t14-,16?/m1/s1. The van der Waals surface area contributed by atoms with E-state index in [0.29, 0.717) is 5.56 Å². The van der Waals surface area contributed by atoms with Gasteiger partial charge in [-0.3, -0.25) is 0 Å². The molecule has 8 heteroatoms. The number of rotatable bonds is 8. The number of halogens is 1. The Kier molecular flexibility index (Phi) is 8.13. The van der Waals surface area contributed by atoms with Gasteiger partial charge in [0.25, 0.3) is 0 Å². The Hall–Kier alpha value is -1.09. The molecule has 0 fully saturated rings. The van der Waals surface area contributed by atoms with E-state index in [0.717, 1.165) is 4.90 Å². The molecule has 0 heterocycles. The maximum atomic E-state index is 13.8. The summed E-state index contributed by atoms with van der Waals surface area (Å²) < 4.78 is 20.0. The molecule has 0 aromatic heterocycles. The van der Waals surface area contributed by atoms with Gasteiger partial charge in [0.2, 0.25) is 0 Å². The largest absolute Gasteiger partial charge is 0.465 e. The molecule has 0 aliphatic heterocycles. The van der Waals surface area contributed by atoms with Gasteiger partial charge >= 0.3 is 6.09 Å². The van der Waals surface area contributed by atoms with Crippen LogP contribution in [-0.2, 0) is 4.43 Å². The first-order valence-corrected chi connectivity index (χ1v) is 12.7. The third-order valence-corrected chi connectivity index (χ3v) is 9.99. The van der Waals surface area contributed by atoms with E-state index >= 15 is 0 Å². The van der Waals surface area contributed by atoms with Gasteiger partial charge in [-0.05, 0) is 48.2 Å². The van der Waals surface area contributed by atoms with E-state index in [2.05, 4.69) is 39.2 Å². The average molecular weight is 404 g/mol. The van der Waals surface area contributed by atoms with E-state index < -0.39 is 32.4 Å². The summed E-state index contributed by atoms with van der Waals surface area (Å²) in [5, 5.41) is 21.8. The number of carboxylic acid groups (broad SMARTS) is 1. The van der Waals surface area contributed by atoms with Crippen molar-refractivity contribution >= 4 is 26.2 Å². The first-order valence-electron chi connectivity index (χ1n) is 8.53. The molecule has 1 aromatic carbocycles. The molecule has 0 bridgehead atoms. The zero-order chi connectivity index (χ0) is 20.1. The van der Waals surface area contributed by atoms with Gasteiger partial charge in [-0.1, -0.05) is 20.8 Å². The molecule has 0 saturated heterocycles. The lowest BCUT2D eigenvalue weighted by atomic mass is 10.0. The summed E-state index contributed by atoms with van der Waals surface area (Å²) in [6, 6.07) is 4.46. The van der Waals surface area contributed by atoms with Crippen molar-refractivity contribution in [1.82, 2.24) is 5.32 Å². The first kappa shape index (κ1) is 22.9. The maximum Gasteiger partial charge on any atom is 0.404 e. The highest BCUT2D eigenvalue weighted by atomic mass is 32.2. The summed E-state index contributed by atoms with van der Waals surface area (Å²) in [7, 11) is -2.16. The molecule has 148 valence electrons. The minimum atomic E-state index is -2.16. The zero-order valence-corrected chi connectivity index (χ0v) is 18.1. The van der Waals surface area contributed by atoms with Crippen molar-refractivity contribution in [3.63, 3.8) is 0 Å². The van der Waals surface area contributed by atoms with Gasteiger partial charge in [-0.15, -0.1) is 11.8 Å². The Morgan fingerprint density at radius 2 is 1.96 bits per heavy atom. The van der Waals surface area contributed by atoms with Crippen molar-refractivity contribution in [2.75, 3.05) is 12.8 Å². The first-order chi connectivity index (χ1) is 11.9. The number of hydrogen-bond acceptors (Lipinski definition) is 4. The lowest BCUT2D eigenvalue weighted by Crippen LogP contribution is -2.47. The quantitative estimate of drug-likeness (QED) is 0.436. The second-order valence-corrected chi connectivity index (χ2v) is 13.5. The fourth-order valence-corrected chi connectivity index (χ4v) is 4.10. The van der Waals surface area contributed by atoms with Crippen LogP contribution in [0.2, 0.25) is 18.1 Å². The summed E-state index contributed by atoms with van der Waals surface area (Å²) in [4.78, 5) is 11.6. The molecule has 0 spiro atoms.